The number of benzene rings is 1. The summed E-state index contributed by atoms with van der Waals surface area (Å²) in [6, 6.07) is 9.00. The second-order valence-electron chi connectivity index (χ2n) is 5.30. The van der Waals surface area contributed by atoms with Crippen molar-refractivity contribution in [3.63, 3.8) is 0 Å². The van der Waals surface area contributed by atoms with E-state index in [2.05, 4.69) is 50.4 Å². The van der Waals surface area contributed by atoms with Crippen LogP contribution in [0.2, 0.25) is 0 Å². The van der Waals surface area contributed by atoms with Gasteiger partial charge in [-0.05, 0) is 37.4 Å². The highest BCUT2D eigenvalue weighted by atomic mass is 16.5. The summed E-state index contributed by atoms with van der Waals surface area (Å²) in [6.45, 7) is 7.79. The van der Waals surface area contributed by atoms with Gasteiger partial charge < -0.3 is 10.1 Å². The quantitative estimate of drug-likeness (QED) is 0.832. The molecule has 1 aromatic carbocycles. The van der Waals surface area contributed by atoms with Crippen LogP contribution in [0.5, 0.6) is 5.75 Å². The first kappa shape index (κ1) is 13.4. The van der Waals surface area contributed by atoms with E-state index in [0.717, 1.165) is 25.1 Å². The molecule has 1 heterocycles. The standard InChI is InChI=1S/C16H25NO/c1-4-13(12(3)17-5-2)10-15-11-14-8-6-7-9-16(14)18-15/h6-9,12-13,15,17H,4-5,10-11H2,1-3H3. The lowest BCUT2D eigenvalue weighted by molar-refractivity contribution is 0.176. The molecule has 1 aliphatic heterocycles. The van der Waals surface area contributed by atoms with Crippen LogP contribution < -0.4 is 10.1 Å². The first-order valence-electron chi connectivity index (χ1n) is 7.22. The minimum absolute atomic E-state index is 0.369. The zero-order chi connectivity index (χ0) is 13.0. The van der Waals surface area contributed by atoms with E-state index < -0.39 is 0 Å². The Balaban J connectivity index is 1.91. The Labute approximate surface area is 111 Å². The van der Waals surface area contributed by atoms with E-state index >= 15 is 0 Å². The Bertz CT molecular complexity index is 352. The Morgan fingerprint density at radius 1 is 1.33 bits per heavy atom. The van der Waals surface area contributed by atoms with Gasteiger partial charge in [-0.15, -0.1) is 0 Å². The Morgan fingerprint density at radius 2 is 2.11 bits per heavy atom. The summed E-state index contributed by atoms with van der Waals surface area (Å²) in [5.41, 5.74) is 1.37. The van der Waals surface area contributed by atoms with Crippen molar-refractivity contribution in [3.8, 4) is 5.75 Å². The third-order valence-electron chi connectivity index (χ3n) is 4.04. The summed E-state index contributed by atoms with van der Waals surface area (Å²) in [7, 11) is 0. The van der Waals surface area contributed by atoms with Gasteiger partial charge >= 0.3 is 0 Å². The summed E-state index contributed by atoms with van der Waals surface area (Å²) in [6.07, 6.45) is 3.81. The number of para-hydroxylation sites is 1. The summed E-state index contributed by atoms with van der Waals surface area (Å²) in [5.74, 6) is 1.79. The zero-order valence-corrected chi connectivity index (χ0v) is 11.8. The minimum Gasteiger partial charge on any atom is -0.490 e. The lowest BCUT2D eigenvalue weighted by atomic mass is 9.90. The van der Waals surface area contributed by atoms with Gasteiger partial charge in [-0.1, -0.05) is 38.5 Å². The SMILES string of the molecule is CCNC(C)C(CC)CC1Cc2ccccc2O1. The van der Waals surface area contributed by atoms with Crippen LogP contribution >= 0.6 is 0 Å². The lowest BCUT2D eigenvalue weighted by Crippen LogP contribution is -2.35. The van der Waals surface area contributed by atoms with Crippen molar-refractivity contribution in [1.82, 2.24) is 5.32 Å². The summed E-state index contributed by atoms with van der Waals surface area (Å²) in [4.78, 5) is 0. The first-order chi connectivity index (χ1) is 8.74. The van der Waals surface area contributed by atoms with Crippen LogP contribution in [0.1, 0.15) is 39.2 Å². The van der Waals surface area contributed by atoms with Crippen LogP contribution in [0.3, 0.4) is 0 Å². The highest BCUT2D eigenvalue weighted by molar-refractivity contribution is 5.37. The van der Waals surface area contributed by atoms with Crippen molar-refractivity contribution in [3.05, 3.63) is 29.8 Å². The molecular weight excluding hydrogens is 222 g/mol. The third-order valence-corrected chi connectivity index (χ3v) is 4.04. The molecule has 3 atom stereocenters. The summed E-state index contributed by atoms with van der Waals surface area (Å²) in [5, 5.41) is 3.54. The van der Waals surface area contributed by atoms with Gasteiger partial charge in [0.15, 0.2) is 0 Å². The number of rotatable bonds is 6. The smallest absolute Gasteiger partial charge is 0.123 e. The van der Waals surface area contributed by atoms with E-state index in [0.29, 0.717) is 18.1 Å². The Morgan fingerprint density at radius 3 is 2.78 bits per heavy atom. The van der Waals surface area contributed by atoms with Crippen LogP contribution in [0.25, 0.3) is 0 Å². The van der Waals surface area contributed by atoms with Crippen LogP contribution in [-0.4, -0.2) is 18.7 Å². The number of hydrogen-bond donors (Lipinski definition) is 1. The van der Waals surface area contributed by atoms with Crippen molar-refractivity contribution in [2.45, 2.75) is 52.2 Å². The predicted molar refractivity (Wildman–Crippen MR) is 76.1 cm³/mol. The van der Waals surface area contributed by atoms with Gasteiger partial charge in [0, 0.05) is 12.5 Å². The molecule has 2 heteroatoms. The molecule has 0 saturated carbocycles. The third kappa shape index (κ3) is 3.05. The topological polar surface area (TPSA) is 21.3 Å². The van der Waals surface area contributed by atoms with Gasteiger partial charge in [-0.2, -0.15) is 0 Å². The number of fused-ring (bicyclic) bond motifs is 1. The van der Waals surface area contributed by atoms with Gasteiger partial charge in [0.25, 0.3) is 0 Å². The van der Waals surface area contributed by atoms with Crippen LogP contribution in [0, 0.1) is 5.92 Å². The van der Waals surface area contributed by atoms with Gasteiger partial charge in [0.1, 0.15) is 11.9 Å². The minimum atomic E-state index is 0.369. The van der Waals surface area contributed by atoms with Crippen molar-refractivity contribution < 1.29 is 4.74 Å². The molecule has 0 bridgehead atoms. The maximum Gasteiger partial charge on any atom is 0.123 e. The molecule has 18 heavy (non-hydrogen) atoms. The fraction of sp³-hybridized carbons (Fsp3) is 0.625. The average Bonchev–Trinajstić information content (AvgIpc) is 2.78. The monoisotopic (exact) mass is 247 g/mol. The van der Waals surface area contributed by atoms with E-state index in [4.69, 9.17) is 4.74 Å². The highest BCUT2D eigenvalue weighted by Crippen LogP contribution is 2.32. The maximum absolute atomic E-state index is 6.04. The molecule has 0 spiro atoms. The molecule has 0 aliphatic carbocycles. The first-order valence-corrected chi connectivity index (χ1v) is 7.22. The van der Waals surface area contributed by atoms with Crippen LogP contribution in [-0.2, 0) is 6.42 Å². The second kappa shape index (κ2) is 6.24. The van der Waals surface area contributed by atoms with Gasteiger partial charge in [0.2, 0.25) is 0 Å². The molecule has 2 rings (SSSR count). The summed E-state index contributed by atoms with van der Waals surface area (Å²) >= 11 is 0. The van der Waals surface area contributed by atoms with Crippen molar-refractivity contribution in [1.29, 1.82) is 0 Å². The maximum atomic E-state index is 6.04. The molecular formula is C16H25NO. The van der Waals surface area contributed by atoms with Gasteiger partial charge in [-0.25, -0.2) is 0 Å². The molecule has 0 fully saturated rings. The van der Waals surface area contributed by atoms with Crippen molar-refractivity contribution in [2.75, 3.05) is 6.54 Å². The average molecular weight is 247 g/mol. The normalized spacial score (nSPS) is 21.2. The predicted octanol–water partition coefficient (Wildman–Crippen LogP) is 3.40. The molecule has 1 aromatic rings. The van der Waals surface area contributed by atoms with Gasteiger partial charge in [0.05, 0.1) is 0 Å². The second-order valence-corrected chi connectivity index (χ2v) is 5.30. The number of hydrogen-bond acceptors (Lipinski definition) is 2. The van der Waals surface area contributed by atoms with Crippen LogP contribution in [0.4, 0.5) is 0 Å². The lowest BCUT2D eigenvalue weighted by Gasteiger charge is -2.25. The molecule has 2 nitrogen and oxygen atoms in total. The van der Waals surface area contributed by atoms with Crippen LogP contribution in [0.15, 0.2) is 24.3 Å². The Kier molecular flexibility index (Phi) is 4.65. The van der Waals surface area contributed by atoms with E-state index in [1.54, 1.807) is 0 Å². The summed E-state index contributed by atoms with van der Waals surface area (Å²) < 4.78 is 6.04. The van der Waals surface area contributed by atoms with Crippen molar-refractivity contribution >= 4 is 0 Å². The van der Waals surface area contributed by atoms with E-state index in [1.807, 2.05) is 0 Å². The highest BCUT2D eigenvalue weighted by Gasteiger charge is 2.26. The van der Waals surface area contributed by atoms with E-state index in [1.165, 1.54) is 12.0 Å². The van der Waals surface area contributed by atoms with Crippen molar-refractivity contribution in [2.24, 2.45) is 5.92 Å². The zero-order valence-electron chi connectivity index (χ0n) is 11.8. The molecule has 0 radical (unpaired) electrons. The fourth-order valence-corrected chi connectivity index (χ4v) is 2.94. The molecule has 1 aliphatic rings. The molecule has 100 valence electrons. The molecule has 0 aromatic heterocycles. The molecule has 3 unspecified atom stereocenters. The number of nitrogens with one attached hydrogen (secondary N) is 1. The fourth-order valence-electron chi connectivity index (χ4n) is 2.94. The van der Waals surface area contributed by atoms with Gasteiger partial charge in [-0.3, -0.25) is 0 Å². The largest absolute Gasteiger partial charge is 0.490 e. The van der Waals surface area contributed by atoms with E-state index in [-0.39, 0.29) is 0 Å². The molecule has 0 amide bonds. The van der Waals surface area contributed by atoms with E-state index in [9.17, 15) is 0 Å². The Hall–Kier alpha value is -1.02. The molecule has 0 saturated heterocycles. The molecule has 1 N–H and O–H groups in total. The number of ether oxygens (including phenoxy) is 1.